The van der Waals surface area contributed by atoms with Gasteiger partial charge in [0.25, 0.3) is 5.97 Å². The Morgan fingerprint density at radius 2 is 0.944 bits per heavy atom. The molecule has 4 rings (SSSR count). The van der Waals surface area contributed by atoms with Crippen LogP contribution in [0.2, 0.25) is 0 Å². The molecule has 0 spiro atoms. The minimum absolute atomic E-state index is 0. The first-order chi connectivity index (χ1) is 17.1. The second-order valence-electron chi connectivity index (χ2n) is 7.19. The van der Waals surface area contributed by atoms with Gasteiger partial charge in [-0.15, -0.1) is 17.7 Å². The zero-order chi connectivity index (χ0) is 24.9. The van der Waals surface area contributed by atoms with Gasteiger partial charge in [-0.3, -0.25) is 4.79 Å². The molecule has 0 aromatic heterocycles. The summed E-state index contributed by atoms with van der Waals surface area (Å²) in [5.41, 5.74) is 0.606. The van der Waals surface area contributed by atoms with Gasteiger partial charge in [0.1, 0.15) is 0 Å². The van der Waals surface area contributed by atoms with Crippen LogP contribution in [0.15, 0.2) is 121 Å². The third-order valence-corrected chi connectivity index (χ3v) is 7.35. The summed E-state index contributed by atoms with van der Waals surface area (Å²) in [4.78, 5) is 22.5. The fraction of sp³-hybridized carbons (Fsp3) is 0.0667. The predicted molar refractivity (Wildman–Crippen MR) is 142 cm³/mol. The molecule has 4 aromatic rings. The van der Waals surface area contributed by atoms with E-state index in [1.165, 1.54) is 30.1 Å². The zero-order valence-corrected chi connectivity index (χ0v) is 23.0. The fourth-order valence-corrected chi connectivity index (χ4v) is 5.58. The van der Waals surface area contributed by atoms with Crippen LogP contribution in [0.25, 0.3) is 5.57 Å². The van der Waals surface area contributed by atoms with Gasteiger partial charge in [-0.2, -0.15) is 0 Å². The van der Waals surface area contributed by atoms with Crippen LogP contribution in [-0.4, -0.2) is 26.2 Å². The predicted octanol–water partition coefficient (Wildman–Crippen LogP) is 4.66. The molecule has 0 aliphatic heterocycles. The van der Waals surface area contributed by atoms with Gasteiger partial charge >= 0.3 is 22.4 Å². The van der Waals surface area contributed by atoms with Crippen molar-refractivity contribution in [2.75, 3.05) is 14.2 Å². The standard InChI is InChI=1S/C18H15P.C12H11O4.Au/c1-4-10-16(11-5-1)19(17-12-6-2-7-13-17)18-14-8-3-9-15-18;1-15-11(13)8-10(12(14)16-2)9-6-4-3-5-7-9;/h1-15H;3-7H,1-2H3;/q;-1;+1. The molecule has 0 aliphatic rings. The van der Waals surface area contributed by atoms with Crippen LogP contribution in [0.4, 0.5) is 0 Å². The first-order valence-electron chi connectivity index (χ1n) is 10.9. The number of esters is 2. The van der Waals surface area contributed by atoms with Gasteiger partial charge in [0.2, 0.25) is 5.97 Å². The second kappa shape index (κ2) is 15.7. The van der Waals surface area contributed by atoms with Crippen LogP contribution in [-0.2, 0) is 41.4 Å². The maximum Gasteiger partial charge on any atom is 1.00 e. The molecule has 0 fully saturated rings. The molecule has 4 nitrogen and oxygen atoms in total. The summed E-state index contributed by atoms with van der Waals surface area (Å²) in [7, 11) is 2.01. The largest absolute Gasteiger partial charge is 1.00 e. The van der Waals surface area contributed by atoms with Crippen molar-refractivity contribution in [1.82, 2.24) is 0 Å². The molecule has 0 unspecified atom stereocenters. The number of methoxy groups -OCH3 is 2. The fourth-order valence-electron chi connectivity index (χ4n) is 3.28. The van der Waals surface area contributed by atoms with Gasteiger partial charge in [0, 0.05) is 0 Å². The smallest absolute Gasteiger partial charge is 0.523 e. The topological polar surface area (TPSA) is 52.6 Å². The van der Waals surface area contributed by atoms with E-state index in [1.807, 2.05) is 0 Å². The van der Waals surface area contributed by atoms with Gasteiger partial charge < -0.3 is 14.3 Å². The molecule has 0 saturated heterocycles. The van der Waals surface area contributed by atoms with Crippen molar-refractivity contribution >= 4 is 41.3 Å². The van der Waals surface area contributed by atoms with Crippen LogP contribution in [0, 0.1) is 6.08 Å². The zero-order valence-electron chi connectivity index (χ0n) is 19.9. The molecule has 0 N–H and O–H groups in total. The molecule has 0 saturated carbocycles. The van der Waals surface area contributed by atoms with E-state index in [2.05, 4.69) is 107 Å². The van der Waals surface area contributed by atoms with Gasteiger partial charge in [-0.1, -0.05) is 121 Å². The normalized spacial score (nSPS) is 10.4. The molecular weight excluding hydrogens is 652 g/mol. The van der Waals surface area contributed by atoms with Gasteiger partial charge in [0.15, 0.2) is 0 Å². The van der Waals surface area contributed by atoms with Gasteiger partial charge in [-0.05, 0) is 23.8 Å². The van der Waals surface area contributed by atoms with Crippen molar-refractivity contribution in [3.05, 3.63) is 133 Å². The summed E-state index contributed by atoms with van der Waals surface area (Å²) in [5, 5.41) is 4.19. The van der Waals surface area contributed by atoms with Crippen LogP contribution < -0.4 is 15.9 Å². The van der Waals surface area contributed by atoms with Crippen molar-refractivity contribution in [2.24, 2.45) is 0 Å². The first kappa shape index (κ1) is 29.0. The molecule has 6 heteroatoms. The van der Waals surface area contributed by atoms with E-state index >= 15 is 0 Å². The second-order valence-corrected chi connectivity index (χ2v) is 9.41. The van der Waals surface area contributed by atoms with Crippen molar-refractivity contribution in [3.63, 3.8) is 0 Å². The third-order valence-electron chi connectivity index (χ3n) is 4.91. The summed E-state index contributed by atoms with van der Waals surface area (Å²) >= 11 is 0. The van der Waals surface area contributed by atoms with E-state index in [0.717, 1.165) is 0 Å². The first-order valence-corrected chi connectivity index (χ1v) is 12.3. The number of carbonyl (C=O) groups excluding carboxylic acids is 2. The Labute approximate surface area is 229 Å². The average Bonchev–Trinajstić information content (AvgIpc) is 2.94. The van der Waals surface area contributed by atoms with Crippen LogP contribution >= 0.6 is 7.92 Å². The molecule has 0 aliphatic carbocycles. The summed E-state index contributed by atoms with van der Waals surface area (Å²) < 4.78 is 8.98. The molecule has 0 atom stereocenters. The van der Waals surface area contributed by atoms with Crippen molar-refractivity contribution < 1.29 is 41.4 Å². The summed E-state index contributed by atoms with van der Waals surface area (Å²) in [5.74, 6) is -1.35. The Morgan fingerprint density at radius 3 is 1.28 bits per heavy atom. The minimum Gasteiger partial charge on any atom is -0.523 e. The Kier molecular flexibility index (Phi) is 12.6. The molecule has 186 valence electrons. The minimum atomic E-state index is -0.718. The van der Waals surface area contributed by atoms with Crippen LogP contribution in [0.3, 0.4) is 0 Å². The molecule has 0 bridgehead atoms. The number of hydrogen-bond donors (Lipinski definition) is 0. The molecular formula is C30H26AuO4P. The molecule has 4 aromatic carbocycles. The van der Waals surface area contributed by atoms with Gasteiger partial charge in [0.05, 0.1) is 14.2 Å². The third kappa shape index (κ3) is 8.44. The van der Waals surface area contributed by atoms with Crippen molar-refractivity contribution in [1.29, 1.82) is 0 Å². The van der Waals surface area contributed by atoms with Crippen LogP contribution in [0.1, 0.15) is 5.56 Å². The number of ether oxygens (including phenoxy) is 2. The van der Waals surface area contributed by atoms with E-state index in [0.29, 0.717) is 5.56 Å². The Morgan fingerprint density at radius 1 is 0.583 bits per heavy atom. The molecule has 0 radical (unpaired) electrons. The van der Waals surface area contributed by atoms with Crippen LogP contribution in [0.5, 0.6) is 0 Å². The Bertz CT molecular complexity index is 1140. The maximum absolute atomic E-state index is 11.4. The van der Waals surface area contributed by atoms with E-state index < -0.39 is 19.9 Å². The number of hydrogen-bond acceptors (Lipinski definition) is 4. The van der Waals surface area contributed by atoms with Gasteiger partial charge in [-0.25, -0.2) is 0 Å². The van der Waals surface area contributed by atoms with E-state index in [9.17, 15) is 9.59 Å². The molecule has 0 amide bonds. The molecule has 0 heterocycles. The van der Waals surface area contributed by atoms with Crippen molar-refractivity contribution in [3.8, 4) is 0 Å². The number of rotatable bonds is 6. The van der Waals surface area contributed by atoms with E-state index in [1.54, 1.807) is 30.3 Å². The summed E-state index contributed by atoms with van der Waals surface area (Å²) in [6.07, 6.45) is 2.31. The number of benzene rings is 4. The summed E-state index contributed by atoms with van der Waals surface area (Å²) in [6, 6.07) is 41.0. The van der Waals surface area contributed by atoms with E-state index in [-0.39, 0.29) is 28.0 Å². The van der Waals surface area contributed by atoms with Crippen molar-refractivity contribution in [2.45, 2.75) is 0 Å². The average molecular weight is 678 g/mol. The Balaban J connectivity index is 0.000000251. The van der Waals surface area contributed by atoms with E-state index in [4.69, 9.17) is 0 Å². The molecule has 36 heavy (non-hydrogen) atoms. The SMILES string of the molecule is COC(=O)[C-]=C(C(=O)OC)c1ccccc1.[Au+].c1ccc(P(c2ccccc2)c2ccccc2)cc1. The summed E-state index contributed by atoms with van der Waals surface area (Å²) in [6.45, 7) is 0. The quantitative estimate of drug-likeness (QED) is 0.0980. The Hall–Kier alpha value is -3.27. The monoisotopic (exact) mass is 678 g/mol. The number of carbonyl (C=O) groups is 2. The maximum atomic E-state index is 11.4.